The number of amides is 2. The van der Waals surface area contributed by atoms with E-state index in [0.29, 0.717) is 26.5 Å². The molecule has 0 bridgehead atoms. The van der Waals surface area contributed by atoms with Gasteiger partial charge in [0, 0.05) is 17.2 Å². The zero-order valence-electron chi connectivity index (χ0n) is 17.0. The van der Waals surface area contributed by atoms with Crippen molar-refractivity contribution in [3.05, 3.63) is 101 Å². The van der Waals surface area contributed by atoms with Crippen molar-refractivity contribution in [3.63, 3.8) is 0 Å². The van der Waals surface area contributed by atoms with Crippen LogP contribution in [0.15, 0.2) is 70.0 Å². The number of anilines is 1. The minimum absolute atomic E-state index is 0.00732. The summed E-state index contributed by atoms with van der Waals surface area (Å²) in [6, 6.07) is 15.8. The first kappa shape index (κ1) is 24.3. The second kappa shape index (κ2) is 10.2. The van der Waals surface area contributed by atoms with Gasteiger partial charge in [0.15, 0.2) is 5.75 Å². The zero-order chi connectivity index (χ0) is 24.4. The molecule has 0 spiro atoms. The smallest absolute Gasteiger partial charge is 0.298 e. The maximum atomic E-state index is 12.9. The first-order valence-electron chi connectivity index (χ1n) is 9.61. The summed E-state index contributed by atoms with van der Waals surface area (Å²) in [7, 11) is 0. The number of carbonyl (C=O) groups excluding carboxylic acids is 2. The molecule has 11 heteroatoms. The number of nitrogens with zero attached hydrogens (tertiary/aromatic N) is 2. The van der Waals surface area contributed by atoms with Gasteiger partial charge in [0.1, 0.15) is 6.61 Å². The highest BCUT2D eigenvalue weighted by molar-refractivity contribution is 9.10. The topological polar surface area (TPSA) is 89.7 Å². The lowest BCUT2D eigenvalue weighted by Crippen LogP contribution is -2.27. The van der Waals surface area contributed by atoms with Crippen LogP contribution >= 0.6 is 50.9 Å². The second-order valence-electron chi connectivity index (χ2n) is 7.02. The molecule has 1 heterocycles. The summed E-state index contributed by atoms with van der Waals surface area (Å²) >= 11 is 16.6. The van der Waals surface area contributed by atoms with Gasteiger partial charge in [0.25, 0.3) is 16.8 Å². The largest absolute Gasteiger partial charge is 0.486 e. The summed E-state index contributed by atoms with van der Waals surface area (Å²) in [5, 5.41) is 11.1. The van der Waals surface area contributed by atoms with Gasteiger partial charge in [0.05, 0.1) is 25.0 Å². The second-order valence-corrected chi connectivity index (χ2v) is 9.71. The third kappa shape index (κ3) is 5.28. The van der Waals surface area contributed by atoms with E-state index in [1.807, 2.05) is 0 Å². The van der Waals surface area contributed by atoms with Crippen molar-refractivity contribution < 1.29 is 19.2 Å². The van der Waals surface area contributed by atoms with Gasteiger partial charge in [-0.25, -0.2) is 4.90 Å². The van der Waals surface area contributed by atoms with Crippen molar-refractivity contribution in [2.75, 3.05) is 4.90 Å². The minimum Gasteiger partial charge on any atom is -0.486 e. The molecule has 1 saturated heterocycles. The van der Waals surface area contributed by atoms with Crippen molar-refractivity contribution >= 4 is 79.5 Å². The summed E-state index contributed by atoms with van der Waals surface area (Å²) in [6.07, 6.45) is 1.58. The van der Waals surface area contributed by atoms with Gasteiger partial charge < -0.3 is 4.74 Å². The molecule has 1 aliphatic heterocycles. The van der Waals surface area contributed by atoms with Crippen molar-refractivity contribution in [1.82, 2.24) is 0 Å². The third-order valence-electron chi connectivity index (χ3n) is 4.71. The Kier molecular flexibility index (Phi) is 7.27. The molecule has 0 radical (unpaired) electrons. The Morgan fingerprint density at radius 1 is 1.09 bits per heavy atom. The molecular weight excluding hydrogens is 567 g/mol. The van der Waals surface area contributed by atoms with Crippen LogP contribution in [-0.2, 0) is 11.4 Å². The van der Waals surface area contributed by atoms with E-state index >= 15 is 0 Å². The number of rotatable bonds is 6. The predicted octanol–water partition coefficient (Wildman–Crippen LogP) is 7.48. The standard InChI is InChI=1S/C23H13BrCl2N2O5S/c24-18-8-14(9-19(26)21(18)33-12-13-4-6-16(7-5-13)28(31)32)10-20-22(29)27(23(30)34-20)17-3-1-2-15(25)11-17/h1-11H,12H2/b20-10+. The molecular formula is C23H13BrCl2N2O5S. The summed E-state index contributed by atoms with van der Waals surface area (Å²) in [4.78, 5) is 36.9. The van der Waals surface area contributed by atoms with Gasteiger partial charge in [-0.2, -0.15) is 0 Å². The van der Waals surface area contributed by atoms with Crippen LogP contribution in [0.25, 0.3) is 6.08 Å². The lowest BCUT2D eigenvalue weighted by Gasteiger charge is -2.12. The van der Waals surface area contributed by atoms with Crippen molar-refractivity contribution in [1.29, 1.82) is 0 Å². The van der Waals surface area contributed by atoms with Crippen LogP contribution in [0.5, 0.6) is 5.75 Å². The molecule has 0 atom stereocenters. The van der Waals surface area contributed by atoms with Gasteiger partial charge >= 0.3 is 0 Å². The number of benzene rings is 3. The summed E-state index contributed by atoms with van der Waals surface area (Å²) in [6.45, 7) is 0.147. The highest BCUT2D eigenvalue weighted by Gasteiger charge is 2.36. The SMILES string of the molecule is O=C1S/C(=C/c2cc(Cl)c(OCc3ccc([N+](=O)[O-])cc3)c(Br)c2)C(=O)N1c1cccc(Cl)c1. The molecule has 3 aromatic rings. The first-order chi connectivity index (χ1) is 16.2. The van der Waals surface area contributed by atoms with Crippen LogP contribution in [0.3, 0.4) is 0 Å². The third-order valence-corrected chi connectivity index (χ3v) is 6.68. The zero-order valence-corrected chi connectivity index (χ0v) is 21.0. The van der Waals surface area contributed by atoms with E-state index in [4.69, 9.17) is 27.9 Å². The van der Waals surface area contributed by atoms with E-state index in [-0.39, 0.29) is 22.2 Å². The molecule has 0 N–H and O–H groups in total. The van der Waals surface area contributed by atoms with Gasteiger partial charge in [-0.05, 0) is 87.4 Å². The van der Waals surface area contributed by atoms with E-state index < -0.39 is 16.1 Å². The van der Waals surface area contributed by atoms with Crippen LogP contribution in [0, 0.1) is 10.1 Å². The van der Waals surface area contributed by atoms with Crippen LogP contribution in [0.1, 0.15) is 11.1 Å². The molecule has 2 amide bonds. The van der Waals surface area contributed by atoms with E-state index in [2.05, 4.69) is 15.9 Å². The van der Waals surface area contributed by atoms with Gasteiger partial charge in [-0.3, -0.25) is 19.7 Å². The number of hydrogen-bond donors (Lipinski definition) is 0. The van der Waals surface area contributed by atoms with Crippen molar-refractivity contribution in [2.24, 2.45) is 0 Å². The molecule has 0 aromatic heterocycles. The Hall–Kier alpha value is -2.85. The summed E-state index contributed by atoms with van der Waals surface area (Å²) in [5.41, 5.74) is 1.71. The Bertz CT molecular complexity index is 1320. The highest BCUT2D eigenvalue weighted by atomic mass is 79.9. The number of ether oxygens (including phenoxy) is 1. The number of non-ortho nitro benzene ring substituents is 1. The maximum absolute atomic E-state index is 12.9. The fourth-order valence-corrected chi connectivity index (χ4v) is 5.14. The molecule has 0 unspecified atom stereocenters. The Balaban J connectivity index is 1.52. The number of nitro groups is 1. The predicted molar refractivity (Wildman–Crippen MR) is 136 cm³/mol. The van der Waals surface area contributed by atoms with E-state index in [1.54, 1.807) is 54.6 Å². The van der Waals surface area contributed by atoms with Gasteiger partial charge in [0.2, 0.25) is 0 Å². The summed E-state index contributed by atoms with van der Waals surface area (Å²) in [5.74, 6) is -0.0767. The number of halogens is 3. The van der Waals surface area contributed by atoms with E-state index in [1.165, 1.54) is 12.1 Å². The molecule has 4 rings (SSSR count). The molecule has 0 saturated carbocycles. The molecule has 34 heavy (non-hydrogen) atoms. The molecule has 0 aliphatic carbocycles. The number of nitro benzene ring substituents is 1. The Labute approximate surface area is 216 Å². The van der Waals surface area contributed by atoms with Crippen molar-refractivity contribution in [2.45, 2.75) is 6.61 Å². The molecule has 3 aromatic carbocycles. The number of carbonyl (C=O) groups is 2. The summed E-state index contributed by atoms with van der Waals surface area (Å²) < 4.78 is 6.33. The average molecular weight is 580 g/mol. The lowest BCUT2D eigenvalue weighted by atomic mass is 10.2. The quantitative estimate of drug-likeness (QED) is 0.171. The lowest BCUT2D eigenvalue weighted by molar-refractivity contribution is -0.384. The Morgan fingerprint density at radius 2 is 1.82 bits per heavy atom. The number of imide groups is 1. The fourth-order valence-electron chi connectivity index (χ4n) is 3.13. The van der Waals surface area contributed by atoms with Gasteiger partial charge in [-0.1, -0.05) is 29.3 Å². The van der Waals surface area contributed by atoms with E-state index in [0.717, 1.165) is 22.2 Å². The number of thioether (sulfide) groups is 1. The monoisotopic (exact) mass is 578 g/mol. The average Bonchev–Trinajstić information content (AvgIpc) is 3.06. The van der Waals surface area contributed by atoms with Crippen LogP contribution < -0.4 is 9.64 Å². The van der Waals surface area contributed by atoms with Crippen molar-refractivity contribution in [3.8, 4) is 5.75 Å². The number of hydrogen-bond acceptors (Lipinski definition) is 6. The molecule has 1 aliphatic rings. The minimum atomic E-state index is -0.472. The normalized spacial score (nSPS) is 14.7. The van der Waals surface area contributed by atoms with Crippen LogP contribution in [0.2, 0.25) is 10.0 Å². The molecule has 7 nitrogen and oxygen atoms in total. The fraction of sp³-hybridized carbons (Fsp3) is 0.0435. The maximum Gasteiger partial charge on any atom is 0.298 e. The van der Waals surface area contributed by atoms with E-state index in [9.17, 15) is 19.7 Å². The first-order valence-corrected chi connectivity index (χ1v) is 12.0. The van der Waals surface area contributed by atoms with Crippen LogP contribution in [-0.4, -0.2) is 16.1 Å². The molecule has 172 valence electrons. The molecule has 1 fully saturated rings. The highest BCUT2D eigenvalue weighted by Crippen LogP contribution is 2.39. The van der Waals surface area contributed by atoms with Crippen LogP contribution in [0.4, 0.5) is 16.2 Å². The Morgan fingerprint density at radius 3 is 2.47 bits per heavy atom. The van der Waals surface area contributed by atoms with Gasteiger partial charge in [-0.15, -0.1) is 0 Å².